The Morgan fingerprint density at radius 3 is 2.50 bits per heavy atom. The fourth-order valence-electron chi connectivity index (χ4n) is 4.11. The van der Waals surface area contributed by atoms with Crippen molar-refractivity contribution < 1.29 is 9.18 Å². The molecule has 1 saturated heterocycles. The van der Waals surface area contributed by atoms with Crippen LogP contribution in [0.3, 0.4) is 0 Å². The number of anilines is 1. The van der Waals surface area contributed by atoms with Gasteiger partial charge in [0.05, 0.1) is 17.3 Å². The van der Waals surface area contributed by atoms with Crippen LogP contribution in [0.4, 0.5) is 10.2 Å². The second-order valence-corrected chi connectivity index (χ2v) is 7.86. The zero-order chi connectivity index (χ0) is 22.1. The second-order valence-electron chi connectivity index (χ2n) is 7.86. The maximum Gasteiger partial charge on any atom is 0.253 e. The van der Waals surface area contributed by atoms with E-state index in [1.54, 1.807) is 0 Å². The van der Waals surface area contributed by atoms with E-state index in [1.807, 2.05) is 53.0 Å². The molecule has 0 radical (unpaired) electrons. The van der Waals surface area contributed by atoms with Crippen molar-refractivity contribution in [2.24, 2.45) is 0 Å². The highest BCUT2D eigenvalue weighted by Crippen LogP contribution is 2.26. The average Bonchev–Trinajstić information content (AvgIpc) is 3.07. The molecule has 0 bridgehead atoms. The van der Waals surface area contributed by atoms with Crippen LogP contribution in [0.1, 0.15) is 22.6 Å². The third kappa shape index (κ3) is 3.79. The summed E-state index contributed by atoms with van der Waals surface area (Å²) in [7, 11) is 0. The van der Waals surface area contributed by atoms with E-state index in [1.165, 1.54) is 24.3 Å². The topological polar surface area (TPSA) is 67.2 Å². The summed E-state index contributed by atoms with van der Waals surface area (Å²) in [4.78, 5) is 26.3. The molecule has 2 aromatic heterocycles. The molecule has 7 nitrogen and oxygen atoms in total. The van der Waals surface area contributed by atoms with Crippen LogP contribution in [-0.2, 0) is 0 Å². The van der Waals surface area contributed by atoms with E-state index in [0.717, 1.165) is 35.5 Å². The summed E-state index contributed by atoms with van der Waals surface area (Å²) in [6.45, 7) is 4.51. The van der Waals surface area contributed by atoms with Gasteiger partial charge in [-0.05, 0) is 49.7 Å². The van der Waals surface area contributed by atoms with Gasteiger partial charge in [0.15, 0.2) is 5.65 Å². The van der Waals surface area contributed by atoms with Crippen molar-refractivity contribution in [2.45, 2.75) is 13.3 Å². The van der Waals surface area contributed by atoms with Crippen LogP contribution < -0.4 is 4.90 Å². The van der Waals surface area contributed by atoms with E-state index < -0.39 is 0 Å². The quantitative estimate of drug-likeness (QED) is 0.497. The molecule has 5 rings (SSSR count). The highest BCUT2D eigenvalue weighted by molar-refractivity contribution is 5.94. The van der Waals surface area contributed by atoms with E-state index in [4.69, 9.17) is 4.98 Å². The number of rotatable bonds is 3. The van der Waals surface area contributed by atoms with Gasteiger partial charge in [0.1, 0.15) is 17.5 Å². The number of hydrogen-bond donors (Lipinski definition) is 0. The Morgan fingerprint density at radius 1 is 0.938 bits per heavy atom. The number of aromatic nitrogens is 4. The fraction of sp³-hybridized carbons (Fsp3) is 0.250. The van der Waals surface area contributed by atoms with Crippen molar-refractivity contribution in [3.63, 3.8) is 0 Å². The normalized spacial score (nSPS) is 14.6. The summed E-state index contributed by atoms with van der Waals surface area (Å²) >= 11 is 0. The van der Waals surface area contributed by atoms with Gasteiger partial charge in [-0.3, -0.25) is 4.79 Å². The van der Waals surface area contributed by atoms with Crippen molar-refractivity contribution in [2.75, 3.05) is 31.1 Å². The minimum absolute atomic E-state index is 0.0761. The number of carbonyl (C=O) groups excluding carboxylic acids is 1. The van der Waals surface area contributed by atoms with Crippen molar-refractivity contribution >= 4 is 22.8 Å². The first kappa shape index (κ1) is 20.1. The van der Waals surface area contributed by atoms with Gasteiger partial charge in [-0.15, -0.1) is 0 Å². The maximum atomic E-state index is 13.2. The number of aryl methyl sites for hydroxylation is 1. The number of hydrogen-bond acceptors (Lipinski definition) is 5. The molecule has 0 spiro atoms. The van der Waals surface area contributed by atoms with Gasteiger partial charge in [-0.25, -0.2) is 19.0 Å². The van der Waals surface area contributed by atoms with Crippen molar-refractivity contribution in [3.05, 3.63) is 78.0 Å². The lowest BCUT2D eigenvalue weighted by Gasteiger charge is -2.23. The summed E-state index contributed by atoms with van der Waals surface area (Å²) in [5.41, 5.74) is 2.21. The molecule has 0 atom stereocenters. The predicted octanol–water partition coefficient (Wildman–Crippen LogP) is 3.62. The van der Waals surface area contributed by atoms with Crippen LogP contribution in [0.25, 0.3) is 16.7 Å². The summed E-state index contributed by atoms with van der Waals surface area (Å²) in [6.07, 6.45) is 2.62. The average molecular weight is 430 g/mol. The lowest BCUT2D eigenvalue weighted by Crippen LogP contribution is -2.35. The zero-order valence-corrected chi connectivity index (χ0v) is 17.8. The number of para-hydroxylation sites is 1. The Bertz CT molecular complexity index is 1250. The molecule has 162 valence electrons. The van der Waals surface area contributed by atoms with E-state index >= 15 is 0 Å². The number of benzene rings is 2. The molecular weight excluding hydrogens is 407 g/mol. The lowest BCUT2D eigenvalue weighted by atomic mass is 10.2. The van der Waals surface area contributed by atoms with Crippen LogP contribution in [0.2, 0.25) is 0 Å². The first-order valence-electron chi connectivity index (χ1n) is 10.7. The SMILES string of the molecule is Cc1nc(N2CCCN(C(=O)c3ccc(F)cc3)CC2)c2cnn(-c3ccccc3)c2n1. The molecular formula is C24H23FN6O. The number of nitrogens with zero attached hydrogens (tertiary/aromatic N) is 6. The first-order chi connectivity index (χ1) is 15.6. The predicted molar refractivity (Wildman–Crippen MR) is 121 cm³/mol. The molecule has 2 aromatic carbocycles. The van der Waals surface area contributed by atoms with E-state index in [-0.39, 0.29) is 11.7 Å². The molecule has 4 aromatic rings. The second kappa shape index (κ2) is 8.37. The van der Waals surface area contributed by atoms with Crippen LogP contribution in [-0.4, -0.2) is 56.7 Å². The van der Waals surface area contributed by atoms with Gasteiger partial charge in [0.25, 0.3) is 5.91 Å². The first-order valence-corrected chi connectivity index (χ1v) is 10.7. The molecule has 8 heteroatoms. The third-order valence-electron chi connectivity index (χ3n) is 5.69. The maximum absolute atomic E-state index is 13.2. The smallest absolute Gasteiger partial charge is 0.253 e. The van der Waals surface area contributed by atoms with E-state index in [2.05, 4.69) is 15.0 Å². The largest absolute Gasteiger partial charge is 0.354 e. The van der Waals surface area contributed by atoms with Gasteiger partial charge >= 0.3 is 0 Å². The van der Waals surface area contributed by atoms with Crippen molar-refractivity contribution in [1.82, 2.24) is 24.6 Å². The Morgan fingerprint density at radius 2 is 1.72 bits per heavy atom. The molecule has 0 aliphatic carbocycles. The monoisotopic (exact) mass is 430 g/mol. The minimum Gasteiger partial charge on any atom is -0.354 e. The number of amides is 1. The molecule has 3 heterocycles. The lowest BCUT2D eigenvalue weighted by molar-refractivity contribution is 0.0767. The third-order valence-corrected chi connectivity index (χ3v) is 5.69. The zero-order valence-electron chi connectivity index (χ0n) is 17.8. The molecule has 0 N–H and O–H groups in total. The number of halogens is 1. The molecule has 1 aliphatic heterocycles. The van der Waals surface area contributed by atoms with Gasteiger partial charge < -0.3 is 9.80 Å². The highest BCUT2D eigenvalue weighted by Gasteiger charge is 2.23. The van der Waals surface area contributed by atoms with Gasteiger partial charge in [0.2, 0.25) is 0 Å². The molecule has 0 saturated carbocycles. The van der Waals surface area contributed by atoms with Crippen molar-refractivity contribution in [3.8, 4) is 5.69 Å². The molecule has 0 unspecified atom stereocenters. The standard InChI is InChI=1S/C24H23FN6O/c1-17-27-22(21-16-26-31(23(21)28-17)20-6-3-2-4-7-20)29-12-5-13-30(15-14-29)24(32)18-8-10-19(25)11-9-18/h2-4,6-11,16H,5,12-15H2,1H3. The van der Waals surface area contributed by atoms with Gasteiger partial charge in [-0.2, -0.15) is 5.10 Å². The molecule has 1 fully saturated rings. The van der Waals surface area contributed by atoms with Crippen molar-refractivity contribution in [1.29, 1.82) is 0 Å². The fourth-order valence-corrected chi connectivity index (χ4v) is 4.11. The molecule has 1 aliphatic rings. The highest BCUT2D eigenvalue weighted by atomic mass is 19.1. The van der Waals surface area contributed by atoms with Gasteiger partial charge in [0, 0.05) is 31.7 Å². The Labute approximate surface area is 185 Å². The molecule has 32 heavy (non-hydrogen) atoms. The van der Waals surface area contributed by atoms with Crippen LogP contribution >= 0.6 is 0 Å². The Kier molecular flexibility index (Phi) is 5.26. The minimum atomic E-state index is -0.345. The van der Waals surface area contributed by atoms with Gasteiger partial charge in [-0.1, -0.05) is 18.2 Å². The summed E-state index contributed by atoms with van der Waals surface area (Å²) in [5, 5.41) is 5.45. The van der Waals surface area contributed by atoms with Crippen LogP contribution in [0.15, 0.2) is 60.8 Å². The Hall–Kier alpha value is -3.81. The summed E-state index contributed by atoms with van der Waals surface area (Å²) in [6, 6.07) is 15.6. The van der Waals surface area contributed by atoms with Crippen LogP contribution in [0, 0.1) is 12.7 Å². The summed E-state index contributed by atoms with van der Waals surface area (Å²) < 4.78 is 15.0. The number of fused-ring (bicyclic) bond motifs is 1. The van der Waals surface area contributed by atoms with E-state index in [9.17, 15) is 9.18 Å². The van der Waals surface area contributed by atoms with E-state index in [0.29, 0.717) is 31.0 Å². The van der Waals surface area contributed by atoms with Crippen LogP contribution in [0.5, 0.6) is 0 Å². The number of carbonyl (C=O) groups is 1. The Balaban J connectivity index is 1.42. The molecule has 1 amide bonds. The summed E-state index contributed by atoms with van der Waals surface area (Å²) in [5.74, 6) is 1.09.